The molecule has 0 saturated carbocycles. The molecular weight excluding hydrogens is 953 g/mol. The molecule has 3 heterocycles. The van der Waals surface area contributed by atoms with Crippen LogP contribution in [-0.4, -0.2) is 14.1 Å². The Morgan fingerprint density at radius 2 is 0.603 bits per heavy atom. The Bertz CT molecular complexity index is 4640. The minimum absolute atomic E-state index is 0.404. The Hall–Kier alpha value is -11.6. The molecule has 358 valence electrons. The van der Waals surface area contributed by atoms with Crippen LogP contribution in [0.1, 0.15) is 27.8 Å². The summed E-state index contributed by atoms with van der Waals surface area (Å²) in [6.45, 7) is 0. The van der Waals surface area contributed by atoms with Crippen LogP contribution in [0.3, 0.4) is 0 Å². The summed E-state index contributed by atoms with van der Waals surface area (Å²) in [5.41, 5.74) is 17.6. The Kier molecular flexibility index (Phi) is 11.3. The molecule has 0 bridgehead atoms. The molecule has 0 aliphatic rings. The molecule has 0 fully saturated rings. The molecule has 0 aliphatic carbocycles. The van der Waals surface area contributed by atoms with Crippen molar-refractivity contribution in [3.05, 3.63) is 258 Å². The van der Waals surface area contributed by atoms with Crippen molar-refractivity contribution in [3.8, 4) is 109 Å². The molecule has 3 aromatic heterocycles. The lowest BCUT2D eigenvalue weighted by Gasteiger charge is -2.20. The normalized spacial score (nSPS) is 11.0. The third-order valence-corrected chi connectivity index (χ3v) is 14.6. The number of rotatable bonds is 8. The van der Waals surface area contributed by atoms with Gasteiger partial charge < -0.3 is 9.13 Å². The standard InChI is InChI=1S/C70H38N8/c71-39-44-9-4-15-49(29-44)53-21-25-58-59-26-22-54(50-16-5-10-45(30-50)40-72)34-66(59)77(65(58)33-53)69-37-57(43-75)62(64-20-8-19-63(76-64)48-13-2-1-3-14-48)38-70(69)78-67-35-55(51-17-6-11-46(31-51)41-73)23-27-60(67)61-28-24-56(36-68(61)78)52-18-7-12-47(32-52)42-74/h1-38H. The van der Waals surface area contributed by atoms with Crippen LogP contribution in [0, 0.1) is 56.7 Å². The number of aromatic nitrogens is 3. The smallest absolute Gasteiger partial charge is 0.0999 e. The number of hydrogen-bond acceptors (Lipinski definition) is 6. The predicted octanol–water partition coefficient (Wildman–Crippen LogP) is 16.6. The average Bonchev–Trinajstić information content (AvgIpc) is 4.22. The van der Waals surface area contributed by atoms with Gasteiger partial charge in [-0.3, -0.25) is 0 Å². The van der Waals surface area contributed by atoms with Gasteiger partial charge in [0.1, 0.15) is 0 Å². The first-order valence-corrected chi connectivity index (χ1v) is 25.2. The third-order valence-electron chi connectivity index (χ3n) is 14.6. The summed E-state index contributed by atoms with van der Waals surface area (Å²) in [5, 5.41) is 55.4. The third kappa shape index (κ3) is 7.95. The van der Waals surface area contributed by atoms with Crippen molar-refractivity contribution in [2.24, 2.45) is 0 Å². The molecule has 0 aliphatic heterocycles. The van der Waals surface area contributed by atoms with Gasteiger partial charge >= 0.3 is 0 Å². The fourth-order valence-electron chi connectivity index (χ4n) is 10.9. The van der Waals surface area contributed by atoms with E-state index in [1.54, 1.807) is 24.3 Å². The quantitative estimate of drug-likeness (QED) is 0.148. The maximum absolute atomic E-state index is 11.5. The summed E-state index contributed by atoms with van der Waals surface area (Å²) in [7, 11) is 0. The van der Waals surface area contributed by atoms with Gasteiger partial charge in [-0.1, -0.05) is 133 Å². The van der Waals surface area contributed by atoms with E-state index in [1.165, 1.54) is 0 Å². The Labute approximate surface area is 448 Å². The molecule has 0 N–H and O–H groups in total. The molecule has 13 aromatic rings. The van der Waals surface area contributed by atoms with Gasteiger partial charge in [0.05, 0.1) is 103 Å². The van der Waals surface area contributed by atoms with Crippen molar-refractivity contribution < 1.29 is 0 Å². The molecule has 8 nitrogen and oxygen atoms in total. The number of nitrogens with zero attached hydrogens (tertiary/aromatic N) is 8. The average molecular weight is 991 g/mol. The van der Waals surface area contributed by atoms with Gasteiger partial charge in [-0.15, -0.1) is 0 Å². The van der Waals surface area contributed by atoms with Gasteiger partial charge in [0.25, 0.3) is 0 Å². The number of nitriles is 5. The number of hydrogen-bond donors (Lipinski definition) is 0. The van der Waals surface area contributed by atoms with Gasteiger partial charge in [-0.05, 0) is 142 Å². The van der Waals surface area contributed by atoms with Gasteiger partial charge in [-0.2, -0.15) is 26.3 Å². The Morgan fingerprint density at radius 3 is 0.974 bits per heavy atom. The monoisotopic (exact) mass is 990 g/mol. The first-order valence-electron chi connectivity index (χ1n) is 25.2. The first-order chi connectivity index (χ1) is 38.4. The van der Waals surface area contributed by atoms with Crippen LogP contribution in [0.4, 0.5) is 0 Å². The van der Waals surface area contributed by atoms with Gasteiger partial charge in [0, 0.05) is 32.7 Å². The van der Waals surface area contributed by atoms with E-state index in [0.29, 0.717) is 44.8 Å². The van der Waals surface area contributed by atoms with Crippen LogP contribution in [0.15, 0.2) is 231 Å². The van der Waals surface area contributed by atoms with E-state index < -0.39 is 0 Å². The van der Waals surface area contributed by atoms with Crippen molar-refractivity contribution in [2.45, 2.75) is 0 Å². The summed E-state index contributed by atoms with van der Waals surface area (Å²) in [4.78, 5) is 5.25. The molecule has 0 saturated heterocycles. The van der Waals surface area contributed by atoms with Crippen molar-refractivity contribution in [2.75, 3.05) is 0 Å². The van der Waals surface area contributed by atoms with E-state index in [4.69, 9.17) is 4.98 Å². The van der Waals surface area contributed by atoms with Crippen LogP contribution < -0.4 is 0 Å². The molecule has 0 amide bonds. The van der Waals surface area contributed by atoms with Gasteiger partial charge in [0.2, 0.25) is 0 Å². The van der Waals surface area contributed by atoms with E-state index in [9.17, 15) is 26.3 Å². The van der Waals surface area contributed by atoms with Crippen molar-refractivity contribution >= 4 is 43.6 Å². The molecule has 13 rings (SSSR count). The zero-order chi connectivity index (χ0) is 52.9. The highest BCUT2D eigenvalue weighted by Gasteiger charge is 2.25. The van der Waals surface area contributed by atoms with E-state index in [2.05, 4.69) is 118 Å². The summed E-state index contributed by atoms with van der Waals surface area (Å²) in [6.07, 6.45) is 0. The fourth-order valence-corrected chi connectivity index (χ4v) is 10.9. The Balaban J connectivity index is 1.20. The summed E-state index contributed by atoms with van der Waals surface area (Å²) < 4.78 is 4.52. The summed E-state index contributed by atoms with van der Waals surface area (Å²) >= 11 is 0. The van der Waals surface area contributed by atoms with Crippen molar-refractivity contribution in [1.29, 1.82) is 26.3 Å². The second-order valence-electron chi connectivity index (χ2n) is 19.1. The maximum Gasteiger partial charge on any atom is 0.0999 e. The van der Waals surface area contributed by atoms with Crippen LogP contribution >= 0.6 is 0 Å². The largest absolute Gasteiger partial charge is 0.307 e. The van der Waals surface area contributed by atoms with Crippen LogP contribution in [0.25, 0.3) is 122 Å². The molecule has 0 spiro atoms. The predicted molar refractivity (Wildman–Crippen MR) is 309 cm³/mol. The van der Waals surface area contributed by atoms with Crippen molar-refractivity contribution in [3.63, 3.8) is 0 Å². The van der Waals surface area contributed by atoms with Crippen molar-refractivity contribution in [1.82, 2.24) is 14.1 Å². The minimum Gasteiger partial charge on any atom is -0.307 e. The van der Waals surface area contributed by atoms with Crippen LogP contribution in [0.2, 0.25) is 0 Å². The van der Waals surface area contributed by atoms with E-state index in [1.807, 2.05) is 127 Å². The number of fused-ring (bicyclic) bond motifs is 6. The highest BCUT2D eigenvalue weighted by molar-refractivity contribution is 6.14. The molecular formula is C70H38N8. The SMILES string of the molecule is N#Cc1cccc(-c2ccc3c4ccc(-c5cccc(C#N)c5)cc4n(-c4cc(C#N)c(-c5cccc(-c6ccccc6)n5)cc4-n4c5cc(-c6cccc(C#N)c6)ccc5c5ccc(-c6cccc(C#N)c6)cc54)c3c2)c1. The fraction of sp³-hybridized carbons (Fsp3) is 0. The second kappa shape index (κ2) is 19.0. The number of pyridine rings is 1. The topological polar surface area (TPSA) is 142 Å². The highest BCUT2D eigenvalue weighted by Crippen LogP contribution is 2.44. The van der Waals surface area contributed by atoms with Gasteiger partial charge in [0.15, 0.2) is 0 Å². The lowest BCUT2D eigenvalue weighted by molar-refractivity contribution is 1.09. The second-order valence-corrected chi connectivity index (χ2v) is 19.1. The van der Waals surface area contributed by atoms with E-state index >= 15 is 0 Å². The zero-order valence-corrected chi connectivity index (χ0v) is 41.5. The first kappa shape index (κ1) is 46.2. The molecule has 10 aromatic carbocycles. The lowest BCUT2D eigenvalue weighted by Crippen LogP contribution is -2.06. The van der Waals surface area contributed by atoms with Gasteiger partial charge in [-0.25, -0.2) is 4.98 Å². The van der Waals surface area contributed by atoms with E-state index in [0.717, 1.165) is 105 Å². The van der Waals surface area contributed by atoms with Crippen LogP contribution in [0.5, 0.6) is 0 Å². The maximum atomic E-state index is 11.5. The number of benzene rings is 10. The molecule has 78 heavy (non-hydrogen) atoms. The summed E-state index contributed by atoms with van der Waals surface area (Å²) in [5.74, 6) is 0. The lowest BCUT2D eigenvalue weighted by atomic mass is 10.00. The van der Waals surface area contributed by atoms with Crippen LogP contribution in [-0.2, 0) is 0 Å². The molecule has 8 heteroatoms. The molecule has 0 atom stereocenters. The van der Waals surface area contributed by atoms with E-state index in [-0.39, 0.29) is 0 Å². The zero-order valence-electron chi connectivity index (χ0n) is 41.5. The highest BCUT2D eigenvalue weighted by atomic mass is 15.1. The minimum atomic E-state index is 0.404. The Morgan fingerprint density at radius 1 is 0.269 bits per heavy atom. The molecule has 0 radical (unpaired) electrons. The summed E-state index contributed by atoms with van der Waals surface area (Å²) in [6, 6.07) is 87.7. The molecule has 0 unspecified atom stereocenters.